The number of methoxy groups -OCH3 is 2. The number of fused-ring (bicyclic) bond motifs is 2. The van der Waals surface area contributed by atoms with Crippen LogP contribution in [0.25, 0.3) is 0 Å². The first-order chi connectivity index (χ1) is 16.3. The number of ketones is 1. The van der Waals surface area contributed by atoms with E-state index in [0.717, 1.165) is 37.8 Å². The molecule has 2 amide bonds. The van der Waals surface area contributed by atoms with Gasteiger partial charge in [-0.1, -0.05) is 31.9 Å². The smallest absolute Gasteiger partial charge is 0.238 e. The van der Waals surface area contributed by atoms with Crippen LogP contribution in [-0.4, -0.2) is 73.6 Å². The highest BCUT2D eigenvalue weighted by molar-refractivity contribution is 6.03. The van der Waals surface area contributed by atoms with Gasteiger partial charge in [-0.05, 0) is 64.7 Å². The van der Waals surface area contributed by atoms with Gasteiger partial charge in [0.15, 0.2) is 5.72 Å². The third kappa shape index (κ3) is 5.91. The zero-order valence-corrected chi connectivity index (χ0v) is 22.1. The molecule has 0 spiro atoms. The van der Waals surface area contributed by atoms with Gasteiger partial charge in [0.1, 0.15) is 17.8 Å². The van der Waals surface area contributed by atoms with Gasteiger partial charge < -0.3 is 19.3 Å². The lowest BCUT2D eigenvalue weighted by Crippen LogP contribution is -2.53. The van der Waals surface area contributed by atoms with E-state index in [1.165, 1.54) is 52.6 Å². The molecule has 3 unspecified atom stereocenters. The van der Waals surface area contributed by atoms with E-state index in [1.807, 2.05) is 20.8 Å². The molecule has 7 nitrogen and oxygen atoms in total. The number of rotatable bonds is 6. The van der Waals surface area contributed by atoms with Gasteiger partial charge in [0.05, 0.1) is 0 Å². The normalized spacial score (nSPS) is 33.6. The first-order valence-corrected chi connectivity index (χ1v) is 13.1. The van der Waals surface area contributed by atoms with Gasteiger partial charge in [-0.3, -0.25) is 14.4 Å². The Bertz CT molecular complexity index is 707. The number of hydrogen-bond donors (Lipinski definition) is 0. The highest BCUT2D eigenvalue weighted by Crippen LogP contribution is 2.48. The lowest BCUT2D eigenvalue weighted by molar-refractivity contribution is -0.184. The minimum atomic E-state index is -0.762. The van der Waals surface area contributed by atoms with E-state index in [1.54, 1.807) is 16.9 Å². The number of ether oxygens (including phenoxy) is 2. The number of amides is 2. The van der Waals surface area contributed by atoms with E-state index >= 15 is 0 Å². The van der Waals surface area contributed by atoms with Crippen LogP contribution in [0, 0.1) is 23.7 Å². The number of nitrogens with zero attached hydrogens (tertiary/aromatic N) is 2. The largest absolute Gasteiger partial charge is 0.375 e. The van der Waals surface area contributed by atoms with Gasteiger partial charge in [0, 0.05) is 39.8 Å². The summed E-state index contributed by atoms with van der Waals surface area (Å²) < 4.78 is 11.0. The molecule has 0 aromatic rings. The molecular weight excluding hydrogens is 432 g/mol. The molecule has 3 fully saturated rings. The van der Waals surface area contributed by atoms with Crippen LogP contribution >= 0.6 is 0 Å². The Morgan fingerprint density at radius 2 is 1.85 bits per heavy atom. The van der Waals surface area contributed by atoms with Crippen molar-refractivity contribution in [3.63, 3.8) is 0 Å². The van der Waals surface area contributed by atoms with Crippen molar-refractivity contribution >= 4 is 18.1 Å². The molecule has 0 radical (unpaired) electrons. The van der Waals surface area contributed by atoms with Crippen molar-refractivity contribution in [2.24, 2.45) is 23.7 Å². The lowest BCUT2D eigenvalue weighted by Gasteiger charge is -2.38. The zero-order chi connectivity index (χ0) is 25.3. The lowest BCUT2D eigenvalue weighted by atomic mass is 9.74. The van der Waals surface area contributed by atoms with Crippen molar-refractivity contribution in [2.45, 2.75) is 84.5 Å². The van der Waals surface area contributed by atoms with Crippen LogP contribution in [0.1, 0.15) is 72.6 Å². The van der Waals surface area contributed by atoms with Gasteiger partial charge in [-0.2, -0.15) is 0 Å². The van der Waals surface area contributed by atoms with Gasteiger partial charge in [-0.15, -0.1) is 0 Å². The van der Waals surface area contributed by atoms with Crippen molar-refractivity contribution < 1.29 is 23.9 Å². The van der Waals surface area contributed by atoms with Gasteiger partial charge in [0.25, 0.3) is 0 Å². The molecule has 2 saturated heterocycles. The van der Waals surface area contributed by atoms with Gasteiger partial charge in [-0.25, -0.2) is 0 Å². The van der Waals surface area contributed by atoms with E-state index in [4.69, 9.17) is 9.47 Å². The molecule has 0 N–H and O–H groups in total. The van der Waals surface area contributed by atoms with Crippen LogP contribution in [0.5, 0.6) is 0 Å². The Morgan fingerprint density at radius 3 is 2.35 bits per heavy atom. The number of hydrogen-bond acceptors (Lipinski definition) is 5. The fourth-order valence-electron chi connectivity index (χ4n) is 6.14. The summed E-state index contributed by atoms with van der Waals surface area (Å²) >= 11 is 0. The molecule has 2 aliphatic carbocycles. The van der Waals surface area contributed by atoms with Crippen molar-refractivity contribution in [2.75, 3.05) is 33.9 Å². The number of carbonyl (C=O) groups is 3. The van der Waals surface area contributed by atoms with Gasteiger partial charge >= 0.3 is 0 Å². The molecule has 0 aromatic carbocycles. The van der Waals surface area contributed by atoms with Crippen LogP contribution in [0.2, 0.25) is 0 Å². The average Bonchev–Trinajstić information content (AvgIpc) is 3.33. The second-order valence-corrected chi connectivity index (χ2v) is 9.92. The molecule has 7 heteroatoms. The maximum absolute atomic E-state index is 12.3. The van der Waals surface area contributed by atoms with Crippen LogP contribution in [0.3, 0.4) is 0 Å². The third-order valence-electron chi connectivity index (χ3n) is 8.19. The third-order valence-corrected chi connectivity index (χ3v) is 8.19. The topological polar surface area (TPSA) is 76.2 Å². The zero-order valence-electron chi connectivity index (χ0n) is 22.1. The minimum absolute atomic E-state index is 0.153. The molecule has 0 aromatic heterocycles. The van der Waals surface area contributed by atoms with Gasteiger partial charge in [0.2, 0.25) is 12.3 Å². The van der Waals surface area contributed by atoms with E-state index in [-0.39, 0.29) is 17.6 Å². The Balaban J connectivity index is 0.000000203. The molecule has 194 valence electrons. The molecule has 0 bridgehead atoms. The SMILES string of the molecule is C1=CC2CCCCC2CC1.CCN(C=O)CC.CO[C@@H]1C(C(C)=O)C(=O)N2CC[C@@H](C)[C@@]12OC. The summed E-state index contributed by atoms with van der Waals surface area (Å²) in [5.41, 5.74) is -0.762. The summed E-state index contributed by atoms with van der Waals surface area (Å²) in [6.45, 7) is 9.66. The summed E-state index contributed by atoms with van der Waals surface area (Å²) in [6, 6.07) is 0. The number of Topliss-reactive ketones (excluding diaryl/α,β-unsaturated/α-hetero) is 1. The van der Waals surface area contributed by atoms with Crippen LogP contribution in [0.15, 0.2) is 12.2 Å². The second-order valence-electron chi connectivity index (χ2n) is 9.92. The maximum atomic E-state index is 12.3. The maximum Gasteiger partial charge on any atom is 0.238 e. The van der Waals surface area contributed by atoms with Crippen LogP contribution in [-0.2, 0) is 23.9 Å². The Labute approximate surface area is 206 Å². The quantitative estimate of drug-likeness (QED) is 0.327. The van der Waals surface area contributed by atoms with Crippen LogP contribution in [0.4, 0.5) is 0 Å². The highest BCUT2D eigenvalue weighted by Gasteiger charge is 2.65. The monoisotopic (exact) mass is 478 g/mol. The van der Waals surface area contributed by atoms with E-state index in [9.17, 15) is 14.4 Å². The Hall–Kier alpha value is -1.73. The highest BCUT2D eigenvalue weighted by atomic mass is 16.6. The van der Waals surface area contributed by atoms with Crippen LogP contribution < -0.4 is 0 Å². The second kappa shape index (κ2) is 13.4. The molecule has 34 heavy (non-hydrogen) atoms. The fourth-order valence-corrected chi connectivity index (χ4v) is 6.14. The first-order valence-electron chi connectivity index (χ1n) is 13.1. The summed E-state index contributed by atoms with van der Waals surface area (Å²) in [4.78, 5) is 37.2. The molecule has 2 aliphatic heterocycles. The summed E-state index contributed by atoms with van der Waals surface area (Å²) in [5.74, 6) is 1.19. The molecule has 6 atom stereocenters. The molecule has 4 aliphatic rings. The fraction of sp³-hybridized carbons (Fsp3) is 0.815. The Kier molecular flexibility index (Phi) is 11.2. The molecular formula is C27H46N2O5. The Morgan fingerprint density at radius 1 is 1.18 bits per heavy atom. The van der Waals surface area contributed by atoms with E-state index < -0.39 is 17.7 Å². The van der Waals surface area contributed by atoms with Crippen molar-refractivity contribution in [1.29, 1.82) is 0 Å². The number of allylic oxidation sites excluding steroid dienone is 2. The van der Waals surface area contributed by atoms with Crippen molar-refractivity contribution in [1.82, 2.24) is 9.80 Å². The summed E-state index contributed by atoms with van der Waals surface area (Å²) in [7, 11) is 3.11. The van der Waals surface area contributed by atoms with Crippen molar-refractivity contribution in [3.8, 4) is 0 Å². The van der Waals surface area contributed by atoms with E-state index in [0.29, 0.717) is 6.54 Å². The first kappa shape index (κ1) is 28.5. The predicted octanol–water partition coefficient (Wildman–Crippen LogP) is 4.06. The number of carbonyl (C=O) groups excluding carboxylic acids is 3. The summed E-state index contributed by atoms with van der Waals surface area (Å²) in [5, 5.41) is 0. The van der Waals surface area contributed by atoms with Crippen molar-refractivity contribution in [3.05, 3.63) is 12.2 Å². The molecule has 4 rings (SSSR count). The predicted molar refractivity (Wildman–Crippen MR) is 133 cm³/mol. The van der Waals surface area contributed by atoms with E-state index in [2.05, 4.69) is 12.2 Å². The molecule has 2 heterocycles. The summed E-state index contributed by atoms with van der Waals surface area (Å²) in [6.07, 6.45) is 14.9. The standard InChI is InChI=1S/C12H19NO4.C10H16.C5H11NO/c1-7-5-6-13-11(15)9(8(2)14)10(16-3)12(7,13)17-4;1-2-6-10-8-4-3-7-9(10)5-1;1-3-6(4-2)5-7/h7,9-10H,5-6H2,1-4H3;1,5,9-10H,2-4,6-8H2;5H,3-4H2,1-2H3/t7-,9?,10-,12-;;/m1../s1. The average molecular weight is 479 g/mol. The minimum Gasteiger partial charge on any atom is -0.375 e. The molecule has 1 saturated carbocycles.